The second-order valence-corrected chi connectivity index (χ2v) is 10.00. The van der Waals surface area contributed by atoms with Crippen LogP contribution in [0.5, 0.6) is 0 Å². The Labute approximate surface area is 193 Å². The van der Waals surface area contributed by atoms with Gasteiger partial charge in [-0.15, -0.1) is 0 Å². The minimum atomic E-state index is -3.98. The summed E-state index contributed by atoms with van der Waals surface area (Å²) >= 11 is 0. The molecule has 0 spiro atoms. The number of hydrogen-bond donors (Lipinski definition) is 1. The largest absolute Gasteiger partial charge is 0.385 e. The summed E-state index contributed by atoms with van der Waals surface area (Å²) < 4.78 is 45.7. The summed E-state index contributed by atoms with van der Waals surface area (Å²) in [4.78, 5) is 27.9. The zero-order valence-corrected chi connectivity index (χ0v) is 19.5. The molecule has 1 saturated heterocycles. The van der Waals surface area contributed by atoms with Crippen LogP contribution in [0.4, 0.5) is 4.39 Å². The van der Waals surface area contributed by atoms with Crippen molar-refractivity contribution in [3.8, 4) is 0 Å². The van der Waals surface area contributed by atoms with E-state index in [1.165, 1.54) is 29.2 Å². The first-order chi connectivity index (χ1) is 15.7. The maximum atomic E-state index is 13.3. The van der Waals surface area contributed by atoms with E-state index in [1.54, 1.807) is 44.4 Å². The predicted octanol–water partition coefficient (Wildman–Crippen LogP) is 1.77. The number of nitrogens with zero attached hydrogens (tertiary/aromatic N) is 2. The second kappa shape index (κ2) is 10.4. The average molecular weight is 478 g/mol. The van der Waals surface area contributed by atoms with E-state index in [2.05, 4.69) is 5.32 Å². The van der Waals surface area contributed by atoms with Gasteiger partial charge in [0.25, 0.3) is 0 Å². The van der Waals surface area contributed by atoms with Crippen molar-refractivity contribution >= 4 is 21.8 Å². The number of sulfonamides is 1. The molecule has 1 N–H and O–H groups in total. The number of hydrogen-bond acceptors (Lipinski definition) is 5. The maximum absolute atomic E-state index is 13.3. The molecule has 33 heavy (non-hydrogen) atoms. The summed E-state index contributed by atoms with van der Waals surface area (Å²) in [6.07, 6.45) is 0.495. The lowest BCUT2D eigenvalue weighted by Crippen LogP contribution is -2.69. The monoisotopic (exact) mass is 477 g/mol. The number of carbonyl (C=O) groups excluding carboxylic acids is 2. The van der Waals surface area contributed by atoms with Crippen LogP contribution in [0.3, 0.4) is 0 Å². The lowest BCUT2D eigenvalue weighted by molar-refractivity contribution is -0.153. The maximum Gasteiger partial charge on any atom is 0.247 e. The van der Waals surface area contributed by atoms with E-state index < -0.39 is 27.4 Å². The van der Waals surface area contributed by atoms with Crippen LogP contribution in [0.25, 0.3) is 0 Å². The molecule has 0 unspecified atom stereocenters. The standard InChI is InChI=1S/C23H28FN3O5S/c1-23(22(29)25-15-18-9-11-19(24)12-10-18)17-26(16-21(28)27(23)13-6-14-32-2)33(30,31)20-7-4-3-5-8-20/h3-5,7-12H,6,13-17H2,1-2H3,(H,25,29)/t23-/m1/s1. The predicted molar refractivity (Wildman–Crippen MR) is 120 cm³/mol. The van der Waals surface area contributed by atoms with Gasteiger partial charge < -0.3 is 15.0 Å². The smallest absolute Gasteiger partial charge is 0.247 e. The van der Waals surface area contributed by atoms with Crippen molar-refractivity contribution in [3.05, 3.63) is 66.0 Å². The van der Waals surface area contributed by atoms with Gasteiger partial charge in [0.1, 0.15) is 11.4 Å². The number of nitrogens with one attached hydrogen (secondary N) is 1. The number of benzene rings is 2. The van der Waals surface area contributed by atoms with Gasteiger partial charge in [0.15, 0.2) is 0 Å². The van der Waals surface area contributed by atoms with Gasteiger partial charge >= 0.3 is 0 Å². The molecule has 2 aromatic rings. The zero-order chi connectivity index (χ0) is 24.1. The Morgan fingerprint density at radius 1 is 1.15 bits per heavy atom. The molecule has 2 aromatic carbocycles. The third-order valence-corrected chi connectivity index (χ3v) is 7.47. The van der Waals surface area contributed by atoms with Crippen molar-refractivity contribution in [1.29, 1.82) is 0 Å². The van der Waals surface area contributed by atoms with Crippen molar-refractivity contribution in [3.63, 3.8) is 0 Å². The molecular weight excluding hydrogens is 449 g/mol. The second-order valence-electron chi connectivity index (χ2n) is 8.06. The minimum Gasteiger partial charge on any atom is -0.385 e. The van der Waals surface area contributed by atoms with Gasteiger partial charge in [0.05, 0.1) is 11.4 Å². The molecule has 0 saturated carbocycles. The fraction of sp³-hybridized carbons (Fsp3) is 0.391. The number of methoxy groups -OCH3 is 1. The van der Waals surface area contributed by atoms with Crippen LogP contribution >= 0.6 is 0 Å². The SMILES string of the molecule is COCCCN1C(=O)CN(S(=O)(=O)c2ccccc2)C[C@]1(C)C(=O)NCc1ccc(F)cc1. The average Bonchev–Trinajstić information content (AvgIpc) is 2.80. The van der Waals surface area contributed by atoms with Gasteiger partial charge in [-0.2, -0.15) is 4.31 Å². The molecule has 0 bridgehead atoms. The summed E-state index contributed by atoms with van der Waals surface area (Å²) in [6, 6.07) is 13.5. The van der Waals surface area contributed by atoms with E-state index in [0.717, 1.165) is 4.31 Å². The van der Waals surface area contributed by atoms with Crippen molar-refractivity contribution in [1.82, 2.24) is 14.5 Å². The summed E-state index contributed by atoms with van der Waals surface area (Å²) in [5, 5.41) is 2.77. The first-order valence-corrected chi connectivity index (χ1v) is 12.0. The number of amides is 2. The first-order valence-electron chi connectivity index (χ1n) is 10.6. The van der Waals surface area contributed by atoms with Gasteiger partial charge in [-0.25, -0.2) is 12.8 Å². The molecule has 178 valence electrons. The molecule has 2 amide bonds. The lowest BCUT2D eigenvalue weighted by Gasteiger charge is -2.46. The van der Waals surface area contributed by atoms with Gasteiger partial charge in [-0.05, 0) is 43.2 Å². The summed E-state index contributed by atoms with van der Waals surface area (Å²) in [5.41, 5.74) is -0.763. The number of carbonyl (C=O) groups is 2. The molecule has 1 aliphatic heterocycles. The van der Waals surface area contributed by atoms with Crippen molar-refractivity contribution in [2.75, 3.05) is 33.4 Å². The van der Waals surface area contributed by atoms with Gasteiger partial charge in [0, 0.05) is 33.4 Å². The van der Waals surface area contributed by atoms with Crippen molar-refractivity contribution in [2.24, 2.45) is 0 Å². The Morgan fingerprint density at radius 3 is 2.45 bits per heavy atom. The number of rotatable bonds is 9. The topological polar surface area (TPSA) is 96.0 Å². The number of halogens is 1. The number of ether oxygens (including phenoxy) is 1. The Balaban J connectivity index is 1.86. The van der Waals surface area contributed by atoms with Crippen LogP contribution in [0.15, 0.2) is 59.5 Å². The van der Waals surface area contributed by atoms with E-state index in [1.807, 2.05) is 0 Å². The van der Waals surface area contributed by atoms with Gasteiger partial charge in [-0.1, -0.05) is 30.3 Å². The highest BCUT2D eigenvalue weighted by atomic mass is 32.2. The highest BCUT2D eigenvalue weighted by Crippen LogP contribution is 2.28. The van der Waals surface area contributed by atoms with E-state index in [9.17, 15) is 22.4 Å². The van der Waals surface area contributed by atoms with Crippen LogP contribution in [0, 0.1) is 5.82 Å². The summed E-state index contributed by atoms with van der Waals surface area (Å²) in [7, 11) is -2.44. The minimum absolute atomic E-state index is 0.0553. The molecule has 3 rings (SSSR count). The first kappa shape index (κ1) is 24.8. The molecule has 1 fully saturated rings. The normalized spacial score (nSPS) is 19.5. The van der Waals surface area contributed by atoms with Crippen LogP contribution < -0.4 is 5.32 Å². The fourth-order valence-corrected chi connectivity index (χ4v) is 5.32. The molecule has 8 nitrogen and oxygen atoms in total. The third-order valence-electron chi connectivity index (χ3n) is 5.66. The Hall–Kier alpha value is -2.82. The highest BCUT2D eigenvalue weighted by molar-refractivity contribution is 7.89. The van der Waals surface area contributed by atoms with Gasteiger partial charge in [0.2, 0.25) is 21.8 Å². The molecule has 1 heterocycles. The molecule has 1 atom stereocenters. The molecule has 0 radical (unpaired) electrons. The molecule has 1 aliphatic rings. The zero-order valence-electron chi connectivity index (χ0n) is 18.7. The molecule has 0 aromatic heterocycles. The lowest BCUT2D eigenvalue weighted by atomic mass is 9.95. The Kier molecular flexibility index (Phi) is 7.83. The van der Waals surface area contributed by atoms with E-state index in [4.69, 9.17) is 4.74 Å². The van der Waals surface area contributed by atoms with E-state index in [0.29, 0.717) is 18.6 Å². The van der Waals surface area contributed by atoms with Crippen molar-refractivity contribution < 1.29 is 27.1 Å². The molecule has 0 aliphatic carbocycles. The summed E-state index contributed by atoms with van der Waals surface area (Å²) in [6.45, 7) is 1.75. The van der Waals surface area contributed by atoms with Crippen LogP contribution in [-0.4, -0.2) is 68.3 Å². The van der Waals surface area contributed by atoms with Gasteiger partial charge in [-0.3, -0.25) is 9.59 Å². The van der Waals surface area contributed by atoms with Crippen LogP contribution in [-0.2, 0) is 30.9 Å². The molecule has 10 heteroatoms. The number of piperazine rings is 1. The highest BCUT2D eigenvalue weighted by Gasteiger charge is 2.50. The summed E-state index contributed by atoms with van der Waals surface area (Å²) in [5.74, 6) is -1.34. The van der Waals surface area contributed by atoms with E-state index in [-0.39, 0.29) is 36.9 Å². The Bertz CT molecular complexity index is 1080. The fourth-order valence-electron chi connectivity index (χ4n) is 3.82. The van der Waals surface area contributed by atoms with Crippen LogP contribution in [0.2, 0.25) is 0 Å². The van der Waals surface area contributed by atoms with E-state index >= 15 is 0 Å². The molecular formula is C23H28FN3O5S. The van der Waals surface area contributed by atoms with Crippen molar-refractivity contribution in [2.45, 2.75) is 30.3 Å². The quantitative estimate of drug-likeness (QED) is 0.556. The Morgan fingerprint density at radius 2 is 1.82 bits per heavy atom. The third kappa shape index (κ3) is 5.58. The van der Waals surface area contributed by atoms with Crippen LogP contribution in [0.1, 0.15) is 18.9 Å².